The maximum Gasteiger partial charge on any atom is 0.321 e. The molecule has 1 heterocycles. The van der Waals surface area contributed by atoms with Gasteiger partial charge in [-0.15, -0.1) is 0 Å². The van der Waals surface area contributed by atoms with Gasteiger partial charge in [-0.1, -0.05) is 12.1 Å². The monoisotopic (exact) mass is 447 g/mol. The highest BCUT2D eigenvalue weighted by Gasteiger charge is 2.25. The van der Waals surface area contributed by atoms with E-state index in [0.717, 1.165) is 12.8 Å². The predicted octanol–water partition coefficient (Wildman–Crippen LogP) is 3.32. The Hall–Kier alpha value is -2.78. The summed E-state index contributed by atoms with van der Waals surface area (Å²) in [4.78, 5) is 14.5. The molecule has 0 saturated carbocycles. The number of piperidine rings is 1. The molecule has 31 heavy (non-hydrogen) atoms. The molecule has 2 N–H and O–H groups in total. The first-order valence-electron chi connectivity index (χ1n) is 10.3. The number of urea groups is 1. The summed E-state index contributed by atoms with van der Waals surface area (Å²) in [7, 11) is -2.02. The Balaban J connectivity index is 1.48. The van der Waals surface area contributed by atoms with Crippen LogP contribution in [-0.4, -0.2) is 52.7 Å². The van der Waals surface area contributed by atoms with Crippen LogP contribution in [0.5, 0.6) is 11.5 Å². The minimum Gasteiger partial charge on any atom is -0.495 e. The third-order valence-corrected chi connectivity index (χ3v) is 6.70. The van der Waals surface area contributed by atoms with E-state index in [-0.39, 0.29) is 16.8 Å². The highest BCUT2D eigenvalue weighted by molar-refractivity contribution is 7.89. The summed E-state index contributed by atoms with van der Waals surface area (Å²) in [5, 5.41) is 2.88. The largest absolute Gasteiger partial charge is 0.495 e. The van der Waals surface area contributed by atoms with Crippen LogP contribution >= 0.6 is 0 Å². The predicted molar refractivity (Wildman–Crippen MR) is 119 cm³/mol. The fourth-order valence-electron chi connectivity index (χ4n) is 3.47. The van der Waals surface area contributed by atoms with Crippen molar-refractivity contribution in [2.75, 3.05) is 38.7 Å². The summed E-state index contributed by atoms with van der Waals surface area (Å²) in [6.45, 7) is 3.88. The van der Waals surface area contributed by atoms with Crippen LogP contribution in [0, 0.1) is 5.92 Å². The van der Waals surface area contributed by atoms with Crippen molar-refractivity contribution in [1.29, 1.82) is 0 Å². The number of rotatable bonds is 8. The van der Waals surface area contributed by atoms with Gasteiger partial charge in [0, 0.05) is 19.6 Å². The molecule has 2 aromatic carbocycles. The van der Waals surface area contributed by atoms with Gasteiger partial charge in [-0.25, -0.2) is 17.9 Å². The molecule has 168 valence electrons. The average molecular weight is 448 g/mol. The van der Waals surface area contributed by atoms with Crippen LogP contribution in [-0.2, 0) is 10.0 Å². The first-order valence-corrected chi connectivity index (χ1v) is 11.8. The highest BCUT2D eigenvalue weighted by Crippen LogP contribution is 2.25. The maximum absolute atomic E-state index is 12.6. The SMILES string of the molecule is CCOc1ccc(S(=O)(=O)NCC2CCN(C(=O)Nc3ccccc3OC)CC2)cc1. The Kier molecular flexibility index (Phi) is 7.75. The van der Waals surface area contributed by atoms with Crippen molar-refractivity contribution in [3.63, 3.8) is 0 Å². The molecule has 8 nitrogen and oxygen atoms in total. The zero-order chi connectivity index (χ0) is 22.3. The molecule has 3 rings (SSSR count). The van der Waals surface area contributed by atoms with E-state index in [9.17, 15) is 13.2 Å². The second kappa shape index (κ2) is 10.5. The molecule has 1 saturated heterocycles. The second-order valence-electron chi connectivity index (χ2n) is 7.32. The number of hydrogen-bond donors (Lipinski definition) is 2. The van der Waals surface area contributed by atoms with Crippen molar-refractivity contribution in [2.45, 2.75) is 24.7 Å². The highest BCUT2D eigenvalue weighted by atomic mass is 32.2. The van der Waals surface area contributed by atoms with E-state index in [1.54, 1.807) is 36.3 Å². The number of nitrogens with zero attached hydrogens (tertiary/aromatic N) is 1. The molecule has 0 aromatic heterocycles. The van der Waals surface area contributed by atoms with Crippen LogP contribution in [0.25, 0.3) is 0 Å². The number of ether oxygens (including phenoxy) is 2. The minimum atomic E-state index is -3.58. The Morgan fingerprint density at radius 3 is 2.42 bits per heavy atom. The Morgan fingerprint density at radius 2 is 1.77 bits per heavy atom. The van der Waals surface area contributed by atoms with Crippen molar-refractivity contribution < 1.29 is 22.7 Å². The van der Waals surface area contributed by atoms with E-state index in [4.69, 9.17) is 9.47 Å². The number of hydrogen-bond acceptors (Lipinski definition) is 5. The van der Waals surface area contributed by atoms with Gasteiger partial charge in [0.05, 0.1) is 24.3 Å². The summed E-state index contributed by atoms with van der Waals surface area (Å²) in [6, 6.07) is 13.5. The molecule has 1 aliphatic rings. The van der Waals surface area contributed by atoms with Crippen LogP contribution in [0.3, 0.4) is 0 Å². The fraction of sp³-hybridized carbons (Fsp3) is 0.409. The molecule has 2 aromatic rings. The first-order chi connectivity index (χ1) is 14.9. The Bertz CT molecular complexity index is 971. The molecule has 0 aliphatic carbocycles. The van der Waals surface area contributed by atoms with Crippen molar-refractivity contribution >= 4 is 21.7 Å². The first kappa shape index (κ1) is 22.9. The number of carbonyl (C=O) groups excluding carboxylic acids is 1. The lowest BCUT2D eigenvalue weighted by atomic mass is 9.97. The number of benzene rings is 2. The van der Waals surface area contributed by atoms with Crippen LogP contribution in [0.1, 0.15) is 19.8 Å². The van der Waals surface area contributed by atoms with E-state index in [1.807, 2.05) is 19.1 Å². The average Bonchev–Trinajstić information content (AvgIpc) is 2.79. The Morgan fingerprint density at radius 1 is 1.10 bits per heavy atom. The number of sulfonamides is 1. The summed E-state index contributed by atoms with van der Waals surface area (Å²) in [5.41, 5.74) is 0.625. The van der Waals surface area contributed by atoms with Gasteiger partial charge in [0.15, 0.2) is 0 Å². The normalized spacial score (nSPS) is 14.8. The van der Waals surface area contributed by atoms with Crippen LogP contribution < -0.4 is 19.5 Å². The summed E-state index contributed by atoms with van der Waals surface area (Å²) in [5.74, 6) is 1.42. The van der Waals surface area contributed by atoms with E-state index in [0.29, 0.717) is 43.4 Å². The van der Waals surface area contributed by atoms with Gasteiger partial charge in [0.25, 0.3) is 0 Å². The smallest absolute Gasteiger partial charge is 0.321 e. The van der Waals surface area contributed by atoms with Crippen LogP contribution in [0.4, 0.5) is 10.5 Å². The third-order valence-electron chi connectivity index (χ3n) is 5.26. The third kappa shape index (κ3) is 6.11. The number of para-hydroxylation sites is 2. The van der Waals surface area contributed by atoms with Gasteiger partial charge in [0.1, 0.15) is 11.5 Å². The quantitative estimate of drug-likeness (QED) is 0.647. The molecule has 2 amide bonds. The van der Waals surface area contributed by atoms with Crippen molar-refractivity contribution in [3.8, 4) is 11.5 Å². The Labute approximate surface area is 183 Å². The van der Waals surface area contributed by atoms with Crippen LogP contribution in [0.15, 0.2) is 53.4 Å². The molecular weight excluding hydrogens is 418 g/mol. The zero-order valence-corrected chi connectivity index (χ0v) is 18.7. The van der Waals surface area contributed by atoms with E-state index in [2.05, 4.69) is 10.0 Å². The number of anilines is 1. The second-order valence-corrected chi connectivity index (χ2v) is 9.08. The molecule has 9 heteroatoms. The molecule has 0 unspecified atom stereocenters. The molecule has 0 atom stereocenters. The van der Waals surface area contributed by atoms with Gasteiger partial charge >= 0.3 is 6.03 Å². The van der Waals surface area contributed by atoms with Crippen LogP contribution in [0.2, 0.25) is 0 Å². The topological polar surface area (TPSA) is 97.0 Å². The zero-order valence-electron chi connectivity index (χ0n) is 17.8. The van der Waals surface area contributed by atoms with E-state index >= 15 is 0 Å². The van der Waals surface area contributed by atoms with Crippen molar-refractivity contribution in [3.05, 3.63) is 48.5 Å². The van der Waals surface area contributed by atoms with Crippen molar-refractivity contribution in [1.82, 2.24) is 9.62 Å². The molecule has 0 bridgehead atoms. The minimum absolute atomic E-state index is 0.174. The lowest BCUT2D eigenvalue weighted by Crippen LogP contribution is -2.43. The molecule has 0 radical (unpaired) electrons. The molecule has 1 aliphatic heterocycles. The van der Waals surface area contributed by atoms with Gasteiger partial charge in [-0.05, 0) is 62.1 Å². The van der Waals surface area contributed by atoms with E-state index in [1.165, 1.54) is 12.1 Å². The van der Waals surface area contributed by atoms with E-state index < -0.39 is 10.0 Å². The van der Waals surface area contributed by atoms with Gasteiger partial charge in [0.2, 0.25) is 10.0 Å². The van der Waals surface area contributed by atoms with Gasteiger partial charge in [-0.3, -0.25) is 0 Å². The fourth-order valence-corrected chi connectivity index (χ4v) is 4.59. The summed E-state index contributed by atoms with van der Waals surface area (Å²) >= 11 is 0. The molecule has 0 spiro atoms. The van der Waals surface area contributed by atoms with Gasteiger partial charge in [-0.2, -0.15) is 0 Å². The number of carbonyl (C=O) groups is 1. The number of likely N-dealkylation sites (tertiary alicyclic amines) is 1. The summed E-state index contributed by atoms with van der Waals surface area (Å²) in [6.07, 6.45) is 1.45. The lowest BCUT2D eigenvalue weighted by Gasteiger charge is -2.32. The lowest BCUT2D eigenvalue weighted by molar-refractivity contribution is 0.183. The summed E-state index contributed by atoms with van der Waals surface area (Å²) < 4.78 is 38.4. The molecular formula is C22H29N3O5S. The number of nitrogens with one attached hydrogen (secondary N) is 2. The standard InChI is InChI=1S/C22H29N3O5S/c1-3-30-18-8-10-19(11-9-18)31(27,28)23-16-17-12-14-25(15-13-17)22(26)24-20-6-4-5-7-21(20)29-2/h4-11,17,23H,3,12-16H2,1-2H3,(H,24,26). The number of methoxy groups -OCH3 is 1. The molecule has 1 fully saturated rings. The maximum atomic E-state index is 12.6. The van der Waals surface area contributed by atoms with Crippen molar-refractivity contribution in [2.24, 2.45) is 5.92 Å². The number of amides is 2. The van der Waals surface area contributed by atoms with Gasteiger partial charge < -0.3 is 19.7 Å².